The summed E-state index contributed by atoms with van der Waals surface area (Å²) in [6.45, 7) is 3.91. The molecule has 0 aliphatic rings. The summed E-state index contributed by atoms with van der Waals surface area (Å²) in [5.74, 6) is -2.62. The van der Waals surface area contributed by atoms with Crippen molar-refractivity contribution in [3.63, 3.8) is 0 Å². The second-order valence-electron chi connectivity index (χ2n) is 6.02. The lowest BCUT2D eigenvalue weighted by Gasteiger charge is -2.08. The van der Waals surface area contributed by atoms with Crippen molar-refractivity contribution >= 4 is 5.97 Å². The molecule has 130 valence electrons. The number of unbranched alkanes of at least 4 members (excludes halogenated alkanes) is 8. The molecule has 0 saturated heterocycles. The highest BCUT2D eigenvalue weighted by atomic mass is 19.1. The van der Waals surface area contributed by atoms with Gasteiger partial charge in [-0.3, -0.25) is 0 Å². The van der Waals surface area contributed by atoms with Crippen LogP contribution in [0.1, 0.15) is 80.6 Å². The molecule has 1 aromatic rings. The summed E-state index contributed by atoms with van der Waals surface area (Å²) in [5, 5.41) is 0. The van der Waals surface area contributed by atoms with Crippen molar-refractivity contribution in [3.8, 4) is 0 Å². The molecule has 1 rings (SSSR count). The molecule has 0 fully saturated rings. The summed E-state index contributed by atoms with van der Waals surface area (Å²) >= 11 is 0. The number of esters is 1. The Hall–Kier alpha value is -1.45. The Labute approximate surface area is 138 Å². The number of rotatable bonds is 11. The number of hydrogen-bond acceptors (Lipinski definition) is 2. The van der Waals surface area contributed by atoms with Gasteiger partial charge in [0.05, 0.1) is 6.61 Å². The standard InChI is InChI=1S/C19H28F2O2/c1-3-4-5-6-7-8-9-10-11-14-23-19(22)17-16(20)13-12-15(2)18(17)21/h12-13H,3-11,14H2,1-2H3. The van der Waals surface area contributed by atoms with Gasteiger partial charge in [-0.15, -0.1) is 0 Å². The summed E-state index contributed by atoms with van der Waals surface area (Å²) in [5.41, 5.74) is -0.345. The molecule has 1 aromatic carbocycles. The van der Waals surface area contributed by atoms with E-state index in [1.165, 1.54) is 51.5 Å². The molecule has 0 aromatic heterocycles. The topological polar surface area (TPSA) is 26.3 Å². The molecule has 0 spiro atoms. The minimum absolute atomic E-state index is 0.210. The van der Waals surface area contributed by atoms with Crippen LogP contribution in [-0.4, -0.2) is 12.6 Å². The fourth-order valence-corrected chi connectivity index (χ4v) is 2.49. The molecular formula is C19H28F2O2. The molecule has 23 heavy (non-hydrogen) atoms. The Balaban J connectivity index is 2.17. The number of ether oxygens (including phenoxy) is 1. The zero-order chi connectivity index (χ0) is 17.1. The summed E-state index contributed by atoms with van der Waals surface area (Å²) in [6.07, 6.45) is 10.4. The number of benzene rings is 1. The van der Waals surface area contributed by atoms with Crippen molar-refractivity contribution in [2.75, 3.05) is 6.61 Å². The van der Waals surface area contributed by atoms with Gasteiger partial charge in [-0.25, -0.2) is 13.6 Å². The van der Waals surface area contributed by atoms with Crippen LogP contribution in [0, 0.1) is 18.6 Å². The number of halogens is 2. The lowest BCUT2D eigenvalue weighted by Crippen LogP contribution is -2.12. The summed E-state index contributed by atoms with van der Waals surface area (Å²) < 4.78 is 32.3. The third kappa shape index (κ3) is 7.10. The second-order valence-corrected chi connectivity index (χ2v) is 6.02. The molecular weight excluding hydrogens is 298 g/mol. The first kappa shape index (κ1) is 19.6. The predicted molar refractivity (Wildman–Crippen MR) is 88.6 cm³/mol. The molecule has 4 heteroatoms. The fourth-order valence-electron chi connectivity index (χ4n) is 2.49. The van der Waals surface area contributed by atoms with Crippen LogP contribution in [0.4, 0.5) is 8.78 Å². The molecule has 0 heterocycles. The second kappa shape index (κ2) is 11.1. The lowest BCUT2D eigenvalue weighted by atomic mass is 10.1. The molecule has 0 amide bonds. The van der Waals surface area contributed by atoms with E-state index in [1.807, 2.05) is 0 Å². The van der Waals surface area contributed by atoms with Crippen molar-refractivity contribution in [1.82, 2.24) is 0 Å². The molecule has 0 bridgehead atoms. The van der Waals surface area contributed by atoms with E-state index in [0.29, 0.717) is 0 Å². The molecule has 0 N–H and O–H groups in total. The van der Waals surface area contributed by atoms with Crippen LogP contribution in [-0.2, 0) is 4.74 Å². The monoisotopic (exact) mass is 326 g/mol. The van der Waals surface area contributed by atoms with Gasteiger partial charge >= 0.3 is 5.97 Å². The first-order valence-electron chi connectivity index (χ1n) is 8.69. The highest BCUT2D eigenvalue weighted by Gasteiger charge is 2.20. The van der Waals surface area contributed by atoms with Crippen molar-refractivity contribution in [2.24, 2.45) is 0 Å². The highest BCUT2D eigenvalue weighted by molar-refractivity contribution is 5.90. The third-order valence-electron chi connectivity index (χ3n) is 3.97. The van der Waals surface area contributed by atoms with E-state index in [9.17, 15) is 13.6 Å². The van der Waals surface area contributed by atoms with Gasteiger partial charge in [0.1, 0.15) is 17.2 Å². The summed E-state index contributed by atoms with van der Waals surface area (Å²) in [6, 6.07) is 2.40. The van der Waals surface area contributed by atoms with Gasteiger partial charge in [0.15, 0.2) is 0 Å². The van der Waals surface area contributed by atoms with Crippen LogP contribution >= 0.6 is 0 Å². The Morgan fingerprint density at radius 1 is 0.957 bits per heavy atom. The lowest BCUT2D eigenvalue weighted by molar-refractivity contribution is 0.0486. The molecule has 0 atom stereocenters. The van der Waals surface area contributed by atoms with Crippen LogP contribution in [0.3, 0.4) is 0 Å². The minimum atomic E-state index is -0.914. The normalized spacial score (nSPS) is 10.8. The smallest absolute Gasteiger partial charge is 0.344 e. The molecule has 0 saturated carbocycles. The van der Waals surface area contributed by atoms with Crippen LogP contribution in [0.25, 0.3) is 0 Å². The summed E-state index contributed by atoms with van der Waals surface area (Å²) in [7, 11) is 0. The Bertz CT molecular complexity index is 487. The van der Waals surface area contributed by atoms with Gasteiger partial charge in [-0.2, -0.15) is 0 Å². The van der Waals surface area contributed by atoms with Crippen LogP contribution < -0.4 is 0 Å². The van der Waals surface area contributed by atoms with E-state index in [0.717, 1.165) is 25.3 Å². The third-order valence-corrected chi connectivity index (χ3v) is 3.97. The molecule has 0 aliphatic carbocycles. The maximum absolute atomic E-state index is 13.8. The van der Waals surface area contributed by atoms with Gasteiger partial charge in [0.2, 0.25) is 0 Å². The first-order chi connectivity index (χ1) is 11.1. The maximum atomic E-state index is 13.8. The van der Waals surface area contributed by atoms with Crippen molar-refractivity contribution in [1.29, 1.82) is 0 Å². The quantitative estimate of drug-likeness (QED) is 0.370. The van der Waals surface area contributed by atoms with Gasteiger partial charge in [0, 0.05) is 0 Å². The van der Waals surface area contributed by atoms with Crippen molar-refractivity contribution in [3.05, 3.63) is 34.9 Å². The SMILES string of the molecule is CCCCCCCCCCCOC(=O)c1c(F)ccc(C)c1F. The molecule has 0 unspecified atom stereocenters. The Kier molecular flexibility index (Phi) is 9.49. The zero-order valence-corrected chi connectivity index (χ0v) is 14.3. The Morgan fingerprint density at radius 3 is 2.13 bits per heavy atom. The average Bonchev–Trinajstić information content (AvgIpc) is 2.53. The fraction of sp³-hybridized carbons (Fsp3) is 0.632. The van der Waals surface area contributed by atoms with Crippen molar-refractivity contribution < 1.29 is 18.3 Å². The van der Waals surface area contributed by atoms with Gasteiger partial charge in [-0.05, 0) is 25.0 Å². The largest absolute Gasteiger partial charge is 0.462 e. The average molecular weight is 326 g/mol. The van der Waals surface area contributed by atoms with E-state index in [-0.39, 0.29) is 12.2 Å². The van der Waals surface area contributed by atoms with Crippen LogP contribution in [0.15, 0.2) is 12.1 Å². The van der Waals surface area contributed by atoms with E-state index in [1.54, 1.807) is 0 Å². The zero-order valence-electron chi connectivity index (χ0n) is 14.3. The molecule has 0 aliphatic heterocycles. The maximum Gasteiger partial charge on any atom is 0.344 e. The number of carbonyl (C=O) groups excluding carboxylic acids is 1. The summed E-state index contributed by atoms with van der Waals surface area (Å²) in [4.78, 5) is 11.8. The van der Waals surface area contributed by atoms with Gasteiger partial charge in [-0.1, -0.05) is 64.4 Å². The number of carbonyl (C=O) groups is 1. The minimum Gasteiger partial charge on any atom is -0.462 e. The van der Waals surface area contributed by atoms with Gasteiger partial charge < -0.3 is 4.74 Å². The van der Waals surface area contributed by atoms with E-state index in [2.05, 4.69) is 6.92 Å². The highest BCUT2D eigenvalue weighted by Crippen LogP contribution is 2.17. The Morgan fingerprint density at radius 2 is 1.52 bits per heavy atom. The van der Waals surface area contributed by atoms with E-state index >= 15 is 0 Å². The van der Waals surface area contributed by atoms with Gasteiger partial charge in [0.25, 0.3) is 0 Å². The predicted octanol–water partition coefficient (Wildman–Crippen LogP) is 5.96. The van der Waals surface area contributed by atoms with E-state index < -0.39 is 23.2 Å². The molecule has 2 nitrogen and oxygen atoms in total. The van der Waals surface area contributed by atoms with Crippen LogP contribution in [0.5, 0.6) is 0 Å². The van der Waals surface area contributed by atoms with Crippen molar-refractivity contribution in [2.45, 2.75) is 71.6 Å². The van der Waals surface area contributed by atoms with Crippen LogP contribution in [0.2, 0.25) is 0 Å². The first-order valence-corrected chi connectivity index (χ1v) is 8.69. The number of hydrogen-bond donors (Lipinski definition) is 0. The molecule has 0 radical (unpaired) electrons. The van der Waals surface area contributed by atoms with E-state index in [4.69, 9.17) is 4.74 Å². The number of aryl methyl sites for hydroxylation is 1.